The number of benzene rings is 1. The number of hydrogen-bond acceptors (Lipinski definition) is 2. The Hall–Kier alpha value is -0.800. The molecule has 0 aliphatic carbocycles. The van der Waals surface area contributed by atoms with Gasteiger partial charge in [0, 0.05) is 18.3 Å². The standard InChI is InChI=1S/C13H18FNS/c1-11(16-2)10-15-9-3-4-12-5-7-13(14)8-6-12/h3-8,11,15H,9-10H2,1-2H3/b4-3+. The van der Waals surface area contributed by atoms with E-state index in [4.69, 9.17) is 0 Å². The highest BCUT2D eigenvalue weighted by atomic mass is 32.2. The van der Waals surface area contributed by atoms with Crippen molar-refractivity contribution in [2.45, 2.75) is 12.2 Å². The van der Waals surface area contributed by atoms with E-state index in [1.807, 2.05) is 17.8 Å². The first-order chi connectivity index (χ1) is 7.72. The monoisotopic (exact) mass is 239 g/mol. The average Bonchev–Trinajstić information content (AvgIpc) is 2.31. The maximum atomic E-state index is 12.6. The lowest BCUT2D eigenvalue weighted by Crippen LogP contribution is -2.22. The van der Waals surface area contributed by atoms with Gasteiger partial charge in [0.25, 0.3) is 0 Å². The molecule has 0 spiro atoms. The van der Waals surface area contributed by atoms with Crippen LogP contribution in [0.4, 0.5) is 4.39 Å². The van der Waals surface area contributed by atoms with Gasteiger partial charge in [-0.3, -0.25) is 0 Å². The zero-order chi connectivity index (χ0) is 11.8. The molecule has 1 unspecified atom stereocenters. The third-order valence-electron chi connectivity index (χ3n) is 2.28. The summed E-state index contributed by atoms with van der Waals surface area (Å²) in [6.07, 6.45) is 6.16. The summed E-state index contributed by atoms with van der Waals surface area (Å²) < 4.78 is 12.6. The van der Waals surface area contributed by atoms with Gasteiger partial charge in [-0.05, 0) is 24.0 Å². The predicted octanol–water partition coefficient (Wildman–Crippen LogP) is 3.18. The van der Waals surface area contributed by atoms with Gasteiger partial charge in [0.15, 0.2) is 0 Å². The molecule has 1 N–H and O–H groups in total. The Kier molecular flexibility index (Phi) is 6.19. The topological polar surface area (TPSA) is 12.0 Å². The summed E-state index contributed by atoms with van der Waals surface area (Å²) in [7, 11) is 0. The van der Waals surface area contributed by atoms with Gasteiger partial charge in [-0.25, -0.2) is 4.39 Å². The highest BCUT2D eigenvalue weighted by Gasteiger charge is 1.95. The van der Waals surface area contributed by atoms with E-state index < -0.39 is 0 Å². The van der Waals surface area contributed by atoms with Crippen LogP contribution in [0.15, 0.2) is 30.3 Å². The van der Waals surface area contributed by atoms with Crippen molar-refractivity contribution in [3.8, 4) is 0 Å². The minimum absolute atomic E-state index is 0.191. The molecule has 1 atom stereocenters. The maximum Gasteiger partial charge on any atom is 0.123 e. The van der Waals surface area contributed by atoms with Gasteiger partial charge in [-0.2, -0.15) is 11.8 Å². The van der Waals surface area contributed by atoms with Crippen LogP contribution in [0.1, 0.15) is 12.5 Å². The summed E-state index contributed by atoms with van der Waals surface area (Å²) in [6, 6.07) is 6.50. The van der Waals surface area contributed by atoms with Gasteiger partial charge < -0.3 is 5.32 Å². The molecular weight excluding hydrogens is 221 g/mol. The molecule has 1 nitrogen and oxygen atoms in total. The van der Waals surface area contributed by atoms with Gasteiger partial charge >= 0.3 is 0 Å². The van der Waals surface area contributed by atoms with E-state index >= 15 is 0 Å². The molecule has 0 aliphatic heterocycles. The molecule has 3 heteroatoms. The molecule has 1 aromatic carbocycles. The summed E-state index contributed by atoms with van der Waals surface area (Å²) in [5.41, 5.74) is 1.03. The summed E-state index contributed by atoms with van der Waals surface area (Å²) in [6.45, 7) is 4.05. The van der Waals surface area contributed by atoms with Crippen LogP contribution in [0.25, 0.3) is 6.08 Å². The fraction of sp³-hybridized carbons (Fsp3) is 0.385. The Morgan fingerprint density at radius 2 is 2.06 bits per heavy atom. The van der Waals surface area contributed by atoms with E-state index in [0.717, 1.165) is 18.7 Å². The zero-order valence-electron chi connectivity index (χ0n) is 9.74. The second kappa shape index (κ2) is 7.47. The van der Waals surface area contributed by atoms with E-state index in [2.05, 4.69) is 24.6 Å². The minimum atomic E-state index is -0.191. The molecule has 0 amide bonds. The quantitative estimate of drug-likeness (QED) is 0.765. The predicted molar refractivity (Wildman–Crippen MR) is 71.3 cm³/mol. The molecule has 0 bridgehead atoms. The first-order valence-electron chi connectivity index (χ1n) is 5.38. The molecule has 0 heterocycles. The van der Waals surface area contributed by atoms with Crippen LogP contribution < -0.4 is 5.32 Å². The van der Waals surface area contributed by atoms with Crippen molar-refractivity contribution in [2.24, 2.45) is 0 Å². The highest BCUT2D eigenvalue weighted by molar-refractivity contribution is 7.99. The van der Waals surface area contributed by atoms with Gasteiger partial charge in [0.1, 0.15) is 5.82 Å². The molecule has 0 fully saturated rings. The molecular formula is C13H18FNS. The van der Waals surface area contributed by atoms with Crippen molar-refractivity contribution in [1.82, 2.24) is 5.32 Å². The molecule has 0 aromatic heterocycles. The van der Waals surface area contributed by atoms with Crippen LogP contribution in [0.5, 0.6) is 0 Å². The highest BCUT2D eigenvalue weighted by Crippen LogP contribution is 2.04. The molecule has 0 radical (unpaired) electrons. The second-order valence-corrected chi connectivity index (χ2v) is 4.93. The van der Waals surface area contributed by atoms with Crippen LogP contribution in [-0.4, -0.2) is 24.6 Å². The lowest BCUT2D eigenvalue weighted by Gasteiger charge is -2.07. The SMILES string of the molecule is CSC(C)CNC/C=C/c1ccc(F)cc1. The smallest absolute Gasteiger partial charge is 0.123 e. The van der Waals surface area contributed by atoms with Gasteiger partial charge in [0.2, 0.25) is 0 Å². The Balaban J connectivity index is 2.24. The largest absolute Gasteiger partial charge is 0.312 e. The van der Waals surface area contributed by atoms with Gasteiger partial charge in [-0.15, -0.1) is 0 Å². The third kappa shape index (κ3) is 5.33. The molecule has 1 rings (SSSR count). The average molecular weight is 239 g/mol. The van der Waals surface area contributed by atoms with E-state index in [9.17, 15) is 4.39 Å². The van der Waals surface area contributed by atoms with Crippen LogP contribution >= 0.6 is 11.8 Å². The minimum Gasteiger partial charge on any atom is -0.312 e. The summed E-state index contributed by atoms with van der Waals surface area (Å²) in [5, 5.41) is 3.97. The molecule has 0 saturated carbocycles. The lowest BCUT2D eigenvalue weighted by molar-refractivity contribution is 0.628. The Morgan fingerprint density at radius 3 is 2.69 bits per heavy atom. The molecule has 16 heavy (non-hydrogen) atoms. The van der Waals surface area contributed by atoms with Crippen LogP contribution in [0, 0.1) is 5.82 Å². The van der Waals surface area contributed by atoms with Crippen molar-refractivity contribution in [1.29, 1.82) is 0 Å². The lowest BCUT2D eigenvalue weighted by atomic mass is 10.2. The summed E-state index contributed by atoms with van der Waals surface area (Å²) in [5.74, 6) is -0.191. The van der Waals surface area contributed by atoms with E-state index in [-0.39, 0.29) is 5.82 Å². The van der Waals surface area contributed by atoms with Gasteiger partial charge in [0.05, 0.1) is 0 Å². The van der Waals surface area contributed by atoms with Crippen LogP contribution in [-0.2, 0) is 0 Å². The molecule has 0 saturated heterocycles. The normalized spacial score (nSPS) is 13.2. The summed E-state index contributed by atoms with van der Waals surface area (Å²) in [4.78, 5) is 0. The van der Waals surface area contributed by atoms with Crippen molar-refractivity contribution >= 4 is 17.8 Å². The zero-order valence-corrected chi connectivity index (χ0v) is 10.6. The van der Waals surface area contributed by atoms with Crippen molar-refractivity contribution in [3.05, 3.63) is 41.7 Å². The van der Waals surface area contributed by atoms with Crippen molar-refractivity contribution in [2.75, 3.05) is 19.3 Å². The van der Waals surface area contributed by atoms with E-state index in [1.54, 1.807) is 12.1 Å². The number of rotatable bonds is 6. The number of nitrogens with one attached hydrogen (secondary N) is 1. The van der Waals surface area contributed by atoms with Crippen LogP contribution in [0.2, 0.25) is 0 Å². The Morgan fingerprint density at radius 1 is 1.38 bits per heavy atom. The Bertz CT molecular complexity index is 321. The molecule has 1 aromatic rings. The van der Waals surface area contributed by atoms with Crippen LogP contribution in [0.3, 0.4) is 0 Å². The molecule has 0 aliphatic rings. The van der Waals surface area contributed by atoms with E-state index in [1.165, 1.54) is 12.1 Å². The number of hydrogen-bond donors (Lipinski definition) is 1. The van der Waals surface area contributed by atoms with Crippen molar-refractivity contribution < 1.29 is 4.39 Å². The third-order valence-corrected chi connectivity index (χ3v) is 3.25. The fourth-order valence-electron chi connectivity index (χ4n) is 1.22. The molecule has 88 valence electrons. The second-order valence-electron chi connectivity index (χ2n) is 3.66. The fourth-order valence-corrected chi connectivity index (χ4v) is 1.51. The van der Waals surface area contributed by atoms with Crippen molar-refractivity contribution in [3.63, 3.8) is 0 Å². The maximum absolute atomic E-state index is 12.6. The van der Waals surface area contributed by atoms with E-state index in [0.29, 0.717) is 5.25 Å². The first-order valence-corrected chi connectivity index (χ1v) is 6.67. The number of halogens is 1. The first kappa shape index (κ1) is 13.3. The summed E-state index contributed by atoms with van der Waals surface area (Å²) >= 11 is 1.85. The van der Waals surface area contributed by atoms with Gasteiger partial charge in [-0.1, -0.05) is 31.2 Å². The Labute approximate surface area is 101 Å². The number of thioether (sulfide) groups is 1.